The normalized spacial score (nSPS) is 16.3. The fourth-order valence-electron chi connectivity index (χ4n) is 2.25. The first-order valence-corrected chi connectivity index (χ1v) is 6.79. The zero-order valence-corrected chi connectivity index (χ0v) is 14.6. The van der Waals surface area contributed by atoms with Crippen LogP contribution in [0, 0.1) is 5.82 Å². The highest BCUT2D eigenvalue weighted by molar-refractivity contribution is 14.0. The van der Waals surface area contributed by atoms with E-state index >= 15 is 0 Å². The van der Waals surface area contributed by atoms with Crippen molar-refractivity contribution in [3.63, 3.8) is 0 Å². The van der Waals surface area contributed by atoms with Gasteiger partial charge in [0.2, 0.25) is 0 Å². The lowest BCUT2D eigenvalue weighted by Gasteiger charge is -2.19. The number of benzene rings is 1. The van der Waals surface area contributed by atoms with Crippen LogP contribution >= 0.6 is 24.0 Å². The molecule has 0 unspecified atom stereocenters. The van der Waals surface area contributed by atoms with Gasteiger partial charge in [-0.05, 0) is 37.5 Å². The fraction of sp³-hybridized carbons (Fsp3) is 0.533. The van der Waals surface area contributed by atoms with E-state index < -0.39 is 0 Å². The standard InChI is InChI=1S/C15H22FN3.HI/c1-4-17-14(19(2)3)18-11-15(8-9-15)12-6-5-7-13(16)10-12;/h5-7,10H,4,8-9,11H2,1-3H3,(H,17,18);1H. The maximum absolute atomic E-state index is 13.3. The maximum atomic E-state index is 13.3. The van der Waals surface area contributed by atoms with Gasteiger partial charge >= 0.3 is 0 Å². The second-order valence-electron chi connectivity index (χ2n) is 5.36. The number of hydrogen-bond acceptors (Lipinski definition) is 1. The van der Waals surface area contributed by atoms with E-state index in [0.717, 1.165) is 37.5 Å². The molecule has 20 heavy (non-hydrogen) atoms. The highest BCUT2D eigenvalue weighted by atomic mass is 127. The number of halogens is 2. The SMILES string of the molecule is CCNC(=NCC1(c2cccc(F)c2)CC1)N(C)C.I. The molecule has 2 rings (SSSR count). The van der Waals surface area contributed by atoms with Crippen LogP contribution in [-0.2, 0) is 5.41 Å². The van der Waals surface area contributed by atoms with Gasteiger partial charge in [-0.25, -0.2) is 4.39 Å². The lowest BCUT2D eigenvalue weighted by Crippen LogP contribution is -2.37. The first kappa shape index (κ1) is 17.2. The average Bonchev–Trinajstić information content (AvgIpc) is 3.15. The molecule has 112 valence electrons. The maximum Gasteiger partial charge on any atom is 0.193 e. The van der Waals surface area contributed by atoms with E-state index in [9.17, 15) is 4.39 Å². The average molecular weight is 391 g/mol. The van der Waals surface area contributed by atoms with Crippen LogP contribution in [0.2, 0.25) is 0 Å². The molecule has 0 amide bonds. The minimum Gasteiger partial charge on any atom is -0.357 e. The topological polar surface area (TPSA) is 27.6 Å². The third kappa shape index (κ3) is 4.07. The Balaban J connectivity index is 0.00000200. The Kier molecular flexibility index (Phi) is 6.23. The summed E-state index contributed by atoms with van der Waals surface area (Å²) in [5, 5.41) is 3.25. The molecule has 0 bridgehead atoms. The monoisotopic (exact) mass is 391 g/mol. The summed E-state index contributed by atoms with van der Waals surface area (Å²) in [6, 6.07) is 6.93. The molecule has 1 fully saturated rings. The van der Waals surface area contributed by atoms with E-state index in [-0.39, 0.29) is 35.2 Å². The first-order valence-electron chi connectivity index (χ1n) is 6.79. The molecule has 0 heterocycles. The molecular formula is C15H23FIN3. The van der Waals surface area contributed by atoms with Gasteiger partial charge in [-0.3, -0.25) is 4.99 Å². The molecule has 0 aliphatic heterocycles. The number of aliphatic imine (C=N–C) groups is 1. The van der Waals surface area contributed by atoms with Crippen LogP contribution in [0.1, 0.15) is 25.3 Å². The van der Waals surface area contributed by atoms with Crippen LogP contribution in [-0.4, -0.2) is 38.0 Å². The molecule has 0 aromatic heterocycles. The zero-order valence-electron chi connectivity index (χ0n) is 12.3. The molecule has 1 saturated carbocycles. The highest BCUT2D eigenvalue weighted by Crippen LogP contribution is 2.48. The molecule has 1 aliphatic rings. The second-order valence-corrected chi connectivity index (χ2v) is 5.36. The molecule has 0 spiro atoms. The third-order valence-corrected chi connectivity index (χ3v) is 3.58. The summed E-state index contributed by atoms with van der Waals surface area (Å²) in [5.41, 5.74) is 1.13. The van der Waals surface area contributed by atoms with Gasteiger partial charge in [-0.1, -0.05) is 12.1 Å². The van der Waals surface area contributed by atoms with Crippen molar-refractivity contribution >= 4 is 29.9 Å². The smallest absolute Gasteiger partial charge is 0.193 e. The molecular weight excluding hydrogens is 368 g/mol. The van der Waals surface area contributed by atoms with Gasteiger partial charge < -0.3 is 10.2 Å². The molecule has 1 aliphatic carbocycles. The van der Waals surface area contributed by atoms with Gasteiger partial charge in [0.25, 0.3) is 0 Å². The quantitative estimate of drug-likeness (QED) is 0.486. The largest absolute Gasteiger partial charge is 0.357 e. The second kappa shape index (κ2) is 7.24. The van der Waals surface area contributed by atoms with Crippen molar-refractivity contribution in [3.8, 4) is 0 Å². The van der Waals surface area contributed by atoms with Gasteiger partial charge in [0.1, 0.15) is 5.82 Å². The molecule has 0 saturated heterocycles. The van der Waals surface area contributed by atoms with Gasteiger partial charge in [0.15, 0.2) is 5.96 Å². The summed E-state index contributed by atoms with van der Waals surface area (Å²) in [6.45, 7) is 3.62. The summed E-state index contributed by atoms with van der Waals surface area (Å²) >= 11 is 0. The van der Waals surface area contributed by atoms with Crippen molar-refractivity contribution < 1.29 is 4.39 Å². The van der Waals surface area contributed by atoms with Gasteiger partial charge in [0, 0.05) is 26.1 Å². The van der Waals surface area contributed by atoms with E-state index in [0.29, 0.717) is 0 Å². The number of hydrogen-bond donors (Lipinski definition) is 1. The van der Waals surface area contributed by atoms with Crippen molar-refractivity contribution in [1.82, 2.24) is 10.2 Å². The van der Waals surface area contributed by atoms with E-state index in [1.165, 1.54) is 6.07 Å². The minimum atomic E-state index is -0.160. The zero-order chi connectivity index (χ0) is 13.9. The summed E-state index contributed by atoms with van der Waals surface area (Å²) in [4.78, 5) is 6.64. The van der Waals surface area contributed by atoms with Crippen molar-refractivity contribution in [2.75, 3.05) is 27.2 Å². The first-order chi connectivity index (χ1) is 9.07. The van der Waals surface area contributed by atoms with Gasteiger partial charge in [0.05, 0.1) is 6.54 Å². The molecule has 1 N–H and O–H groups in total. The summed E-state index contributed by atoms with van der Waals surface area (Å²) < 4.78 is 13.3. The predicted molar refractivity (Wildman–Crippen MR) is 92.4 cm³/mol. The Morgan fingerprint density at radius 1 is 1.40 bits per heavy atom. The van der Waals surface area contributed by atoms with Crippen molar-refractivity contribution in [1.29, 1.82) is 0 Å². The van der Waals surface area contributed by atoms with E-state index in [1.807, 2.05) is 25.1 Å². The number of guanidine groups is 1. The Hall–Kier alpha value is -0.850. The van der Waals surface area contributed by atoms with E-state index in [2.05, 4.69) is 17.2 Å². The molecule has 1 aromatic carbocycles. The minimum absolute atomic E-state index is 0. The van der Waals surface area contributed by atoms with Crippen molar-refractivity contribution in [2.45, 2.75) is 25.2 Å². The van der Waals surface area contributed by atoms with Crippen LogP contribution in [0.15, 0.2) is 29.3 Å². The van der Waals surface area contributed by atoms with Gasteiger partial charge in [-0.2, -0.15) is 0 Å². The van der Waals surface area contributed by atoms with Gasteiger partial charge in [-0.15, -0.1) is 24.0 Å². The number of nitrogens with one attached hydrogen (secondary N) is 1. The van der Waals surface area contributed by atoms with Crippen molar-refractivity contribution in [3.05, 3.63) is 35.6 Å². The Bertz CT molecular complexity index is 470. The Morgan fingerprint density at radius 2 is 2.10 bits per heavy atom. The molecule has 1 aromatic rings. The highest BCUT2D eigenvalue weighted by Gasteiger charge is 2.44. The number of nitrogens with zero attached hydrogens (tertiary/aromatic N) is 2. The third-order valence-electron chi connectivity index (χ3n) is 3.58. The van der Waals surface area contributed by atoms with Crippen LogP contribution in [0.4, 0.5) is 4.39 Å². The molecule has 0 atom stereocenters. The lowest BCUT2D eigenvalue weighted by molar-refractivity contribution is 0.574. The Morgan fingerprint density at radius 3 is 2.60 bits per heavy atom. The van der Waals surface area contributed by atoms with E-state index in [4.69, 9.17) is 0 Å². The summed E-state index contributed by atoms with van der Waals surface area (Å²) in [6.07, 6.45) is 2.18. The molecule has 0 radical (unpaired) electrons. The van der Waals surface area contributed by atoms with Crippen LogP contribution in [0.3, 0.4) is 0 Å². The van der Waals surface area contributed by atoms with Crippen molar-refractivity contribution in [2.24, 2.45) is 4.99 Å². The van der Waals surface area contributed by atoms with Crippen LogP contribution < -0.4 is 5.32 Å². The molecule has 5 heteroatoms. The van der Waals surface area contributed by atoms with Crippen LogP contribution in [0.5, 0.6) is 0 Å². The van der Waals surface area contributed by atoms with E-state index in [1.54, 1.807) is 12.1 Å². The predicted octanol–water partition coefficient (Wildman–Crippen LogP) is 3.00. The summed E-state index contributed by atoms with van der Waals surface area (Å²) in [7, 11) is 3.95. The summed E-state index contributed by atoms with van der Waals surface area (Å²) in [5.74, 6) is 0.734. The Labute approximate surface area is 137 Å². The lowest BCUT2D eigenvalue weighted by atomic mass is 9.96. The van der Waals surface area contributed by atoms with Crippen LogP contribution in [0.25, 0.3) is 0 Å². The fourth-order valence-corrected chi connectivity index (χ4v) is 2.25. The molecule has 3 nitrogen and oxygen atoms in total. The number of rotatable bonds is 4.